The highest BCUT2D eigenvalue weighted by Crippen LogP contribution is 2.48. The molecule has 0 radical (unpaired) electrons. The van der Waals surface area contributed by atoms with Gasteiger partial charge in [0.2, 0.25) is 0 Å². The van der Waals surface area contributed by atoms with E-state index in [1.54, 1.807) is 12.2 Å². The monoisotopic (exact) mass is 259 g/mol. The Kier molecular flexibility index (Phi) is 2.88. The smallest absolute Gasteiger partial charge is 0.173 e. The first kappa shape index (κ1) is 12.3. The number of aryl methyl sites for hydroxylation is 1. The lowest BCUT2D eigenvalue weighted by Gasteiger charge is -2.34. The van der Waals surface area contributed by atoms with Gasteiger partial charge in [0.25, 0.3) is 0 Å². The molecule has 2 atom stereocenters. The first-order chi connectivity index (χ1) is 9.15. The van der Waals surface area contributed by atoms with E-state index in [9.17, 15) is 4.39 Å². The number of allylic oxidation sites excluding steroid dienone is 5. The maximum atomic E-state index is 14.3. The molecule has 0 aromatic carbocycles. The normalized spacial score (nSPS) is 29.8. The van der Waals surface area contributed by atoms with Crippen LogP contribution in [0.2, 0.25) is 0 Å². The summed E-state index contributed by atoms with van der Waals surface area (Å²) in [7, 11) is 0. The summed E-state index contributed by atoms with van der Waals surface area (Å²) >= 11 is 0. The van der Waals surface area contributed by atoms with Crippen LogP contribution >= 0.6 is 0 Å². The number of rotatable bonds is 2. The van der Waals surface area contributed by atoms with Crippen molar-refractivity contribution >= 4 is 6.08 Å². The lowest BCUT2D eigenvalue weighted by Crippen LogP contribution is -2.30. The number of nitrogens with zero attached hydrogens (tertiary/aromatic N) is 3. The number of hydrogen-bond acceptors (Lipinski definition) is 2. The molecule has 0 fully saturated rings. The van der Waals surface area contributed by atoms with Gasteiger partial charge in [0.15, 0.2) is 5.82 Å². The molecular weight excluding hydrogens is 241 g/mol. The number of halogens is 1. The predicted octanol–water partition coefficient (Wildman–Crippen LogP) is 3.62. The summed E-state index contributed by atoms with van der Waals surface area (Å²) in [6.07, 6.45) is 11.7. The van der Waals surface area contributed by atoms with Gasteiger partial charge in [-0.3, -0.25) is 0 Å². The Morgan fingerprint density at radius 1 is 1.53 bits per heavy atom. The average Bonchev–Trinajstić information content (AvgIpc) is 2.93. The van der Waals surface area contributed by atoms with Gasteiger partial charge in [-0.15, -0.1) is 0 Å². The first-order valence-corrected chi connectivity index (χ1v) is 6.76. The molecular formula is C15H18FN3. The Morgan fingerprint density at radius 2 is 2.37 bits per heavy atom. The van der Waals surface area contributed by atoms with Crippen LogP contribution in [0.1, 0.15) is 44.4 Å². The van der Waals surface area contributed by atoms with Crippen molar-refractivity contribution < 1.29 is 4.39 Å². The van der Waals surface area contributed by atoms with E-state index in [1.807, 2.05) is 36.8 Å². The number of aromatic nitrogens is 3. The Balaban J connectivity index is 1.98. The summed E-state index contributed by atoms with van der Waals surface area (Å²) in [5.74, 6) is 1.65. The SMILES string of the molecule is C/C=C/c1nc2n(n1)[C@H](C1(C)CC=CC=C1F)CC2. The molecule has 2 aliphatic rings. The van der Waals surface area contributed by atoms with Crippen molar-refractivity contribution in [2.75, 3.05) is 0 Å². The van der Waals surface area contributed by atoms with E-state index >= 15 is 0 Å². The molecule has 3 rings (SSSR count). The molecule has 0 amide bonds. The summed E-state index contributed by atoms with van der Waals surface area (Å²) in [5, 5.41) is 4.52. The summed E-state index contributed by atoms with van der Waals surface area (Å²) < 4.78 is 16.2. The quantitative estimate of drug-likeness (QED) is 0.812. The van der Waals surface area contributed by atoms with E-state index in [0.717, 1.165) is 30.9 Å². The Morgan fingerprint density at radius 3 is 3.11 bits per heavy atom. The Bertz CT molecular complexity index is 582. The van der Waals surface area contributed by atoms with E-state index in [4.69, 9.17) is 0 Å². The van der Waals surface area contributed by atoms with E-state index in [1.165, 1.54) is 0 Å². The highest BCUT2D eigenvalue weighted by atomic mass is 19.1. The van der Waals surface area contributed by atoms with Crippen molar-refractivity contribution in [3.63, 3.8) is 0 Å². The van der Waals surface area contributed by atoms with Crippen LogP contribution in [0.4, 0.5) is 4.39 Å². The van der Waals surface area contributed by atoms with Gasteiger partial charge in [-0.05, 0) is 31.9 Å². The molecule has 0 N–H and O–H groups in total. The molecule has 1 aromatic rings. The molecule has 4 heteroatoms. The minimum atomic E-state index is -0.485. The topological polar surface area (TPSA) is 30.7 Å². The zero-order valence-corrected chi connectivity index (χ0v) is 11.3. The zero-order valence-electron chi connectivity index (χ0n) is 11.3. The third-order valence-corrected chi connectivity index (χ3v) is 4.17. The molecule has 3 nitrogen and oxygen atoms in total. The second-order valence-electron chi connectivity index (χ2n) is 5.45. The van der Waals surface area contributed by atoms with Crippen LogP contribution in [-0.2, 0) is 6.42 Å². The summed E-state index contributed by atoms with van der Waals surface area (Å²) in [6, 6.07) is 0.0650. The first-order valence-electron chi connectivity index (χ1n) is 6.76. The van der Waals surface area contributed by atoms with Gasteiger partial charge in [-0.25, -0.2) is 14.1 Å². The molecule has 1 aliphatic carbocycles. The molecule has 1 aliphatic heterocycles. The fourth-order valence-corrected chi connectivity index (χ4v) is 3.04. The summed E-state index contributed by atoms with van der Waals surface area (Å²) in [5.41, 5.74) is -0.485. The van der Waals surface area contributed by atoms with Gasteiger partial charge in [0.1, 0.15) is 11.7 Å². The van der Waals surface area contributed by atoms with Crippen LogP contribution in [0.5, 0.6) is 0 Å². The molecule has 0 saturated carbocycles. The van der Waals surface area contributed by atoms with Gasteiger partial charge < -0.3 is 0 Å². The highest BCUT2D eigenvalue weighted by Gasteiger charge is 2.43. The van der Waals surface area contributed by atoms with Crippen LogP contribution in [0.15, 0.2) is 30.1 Å². The standard InChI is InChI=1S/C15H18FN3/c1-3-6-13-17-14-9-8-12(19(14)18-13)15(2)10-5-4-7-11(15)16/h3-7,12H,8-10H2,1-2H3/b6-3+/t12-,15?/m0/s1. The molecule has 0 saturated heterocycles. The van der Waals surface area contributed by atoms with Gasteiger partial charge in [-0.1, -0.05) is 25.2 Å². The Labute approximate surface area is 112 Å². The van der Waals surface area contributed by atoms with Gasteiger partial charge in [0, 0.05) is 11.8 Å². The average molecular weight is 259 g/mol. The van der Waals surface area contributed by atoms with Crippen molar-refractivity contribution in [3.8, 4) is 0 Å². The lowest BCUT2D eigenvalue weighted by molar-refractivity contribution is 0.191. The van der Waals surface area contributed by atoms with Crippen LogP contribution < -0.4 is 0 Å². The summed E-state index contributed by atoms with van der Waals surface area (Å²) in [4.78, 5) is 4.49. The maximum Gasteiger partial charge on any atom is 0.173 e. The molecule has 2 heterocycles. The van der Waals surface area contributed by atoms with Crippen molar-refractivity contribution in [1.82, 2.24) is 14.8 Å². The van der Waals surface area contributed by atoms with E-state index < -0.39 is 5.41 Å². The lowest BCUT2D eigenvalue weighted by atomic mass is 9.75. The fourth-order valence-electron chi connectivity index (χ4n) is 3.04. The minimum Gasteiger partial charge on any atom is -0.245 e. The van der Waals surface area contributed by atoms with Crippen LogP contribution in [0.3, 0.4) is 0 Å². The third-order valence-electron chi connectivity index (χ3n) is 4.17. The highest BCUT2D eigenvalue weighted by molar-refractivity contribution is 5.39. The molecule has 0 spiro atoms. The van der Waals surface area contributed by atoms with Gasteiger partial charge in [0.05, 0.1) is 6.04 Å². The van der Waals surface area contributed by atoms with Crippen LogP contribution in [0.25, 0.3) is 6.08 Å². The van der Waals surface area contributed by atoms with Crippen LogP contribution in [0, 0.1) is 5.41 Å². The fraction of sp³-hybridized carbons (Fsp3) is 0.467. The predicted molar refractivity (Wildman–Crippen MR) is 73.1 cm³/mol. The summed E-state index contributed by atoms with van der Waals surface area (Å²) in [6.45, 7) is 3.93. The van der Waals surface area contributed by atoms with Gasteiger partial charge in [-0.2, -0.15) is 5.10 Å². The van der Waals surface area contributed by atoms with Crippen molar-refractivity contribution in [2.24, 2.45) is 5.41 Å². The molecule has 100 valence electrons. The molecule has 1 aromatic heterocycles. The van der Waals surface area contributed by atoms with Gasteiger partial charge >= 0.3 is 0 Å². The van der Waals surface area contributed by atoms with E-state index in [2.05, 4.69) is 10.1 Å². The van der Waals surface area contributed by atoms with Crippen LogP contribution in [-0.4, -0.2) is 14.8 Å². The van der Waals surface area contributed by atoms with E-state index in [-0.39, 0.29) is 11.9 Å². The number of fused-ring (bicyclic) bond motifs is 1. The third kappa shape index (κ3) is 1.86. The second-order valence-corrected chi connectivity index (χ2v) is 5.45. The zero-order chi connectivity index (χ0) is 13.5. The minimum absolute atomic E-state index is 0.0454. The van der Waals surface area contributed by atoms with E-state index in [0.29, 0.717) is 0 Å². The van der Waals surface area contributed by atoms with Crippen molar-refractivity contribution in [1.29, 1.82) is 0 Å². The maximum absolute atomic E-state index is 14.3. The number of hydrogen-bond donors (Lipinski definition) is 0. The molecule has 1 unspecified atom stereocenters. The second kappa shape index (κ2) is 4.44. The molecule has 19 heavy (non-hydrogen) atoms. The Hall–Kier alpha value is -1.71. The largest absolute Gasteiger partial charge is 0.245 e. The molecule has 0 bridgehead atoms. The van der Waals surface area contributed by atoms with Crippen molar-refractivity contribution in [2.45, 2.75) is 39.2 Å². The van der Waals surface area contributed by atoms with Crippen molar-refractivity contribution in [3.05, 3.63) is 41.8 Å².